The molecule has 0 radical (unpaired) electrons. The zero-order chi connectivity index (χ0) is 23.0. The van der Waals surface area contributed by atoms with Gasteiger partial charge in [0.25, 0.3) is 0 Å². The molecule has 1 atom stereocenters. The molecule has 6 nitrogen and oxygen atoms in total. The van der Waals surface area contributed by atoms with Gasteiger partial charge in [-0.1, -0.05) is 0 Å². The van der Waals surface area contributed by atoms with E-state index in [1.165, 1.54) is 0 Å². The number of carbonyl (C=O) groups excluding carboxylic acids is 2. The molecule has 0 spiro atoms. The number of pyridine rings is 1. The molecule has 0 saturated carbocycles. The summed E-state index contributed by atoms with van der Waals surface area (Å²) in [5, 5.41) is 1.34. The standard InChI is InChI=1S/C21H25F3N4O2S/c1-20(2)19(17(30)11-29)28(18-7-16(12-31-18)21(22,23)24)13-27(20)10-14-5-6-25-8-15(14)9-26(3)4/h5-8,11-12,19H,9-10,13H2,1-4H3. The number of thiophene rings is 1. The van der Waals surface area contributed by atoms with Crippen molar-refractivity contribution in [2.45, 2.75) is 44.7 Å². The highest BCUT2D eigenvalue weighted by Crippen LogP contribution is 2.42. The number of ketones is 1. The number of nitrogens with zero attached hydrogens (tertiary/aromatic N) is 4. The van der Waals surface area contributed by atoms with Crippen LogP contribution in [0.3, 0.4) is 0 Å². The summed E-state index contributed by atoms with van der Waals surface area (Å²) in [6.45, 7) is 5.04. The molecule has 0 N–H and O–H groups in total. The van der Waals surface area contributed by atoms with Crippen molar-refractivity contribution in [3.8, 4) is 0 Å². The third kappa shape index (κ3) is 4.81. The highest BCUT2D eigenvalue weighted by Gasteiger charge is 2.50. The van der Waals surface area contributed by atoms with Gasteiger partial charge in [-0.15, -0.1) is 11.3 Å². The fourth-order valence-corrected chi connectivity index (χ4v) is 4.88. The van der Waals surface area contributed by atoms with Crippen molar-refractivity contribution in [2.24, 2.45) is 0 Å². The summed E-state index contributed by atoms with van der Waals surface area (Å²) in [5.41, 5.74) is 0.496. The van der Waals surface area contributed by atoms with Crippen LogP contribution in [0.5, 0.6) is 0 Å². The first-order valence-corrected chi connectivity index (χ1v) is 10.6. The molecule has 2 aromatic heterocycles. The van der Waals surface area contributed by atoms with E-state index in [9.17, 15) is 22.8 Å². The van der Waals surface area contributed by atoms with Crippen molar-refractivity contribution >= 4 is 28.4 Å². The Labute approximate surface area is 183 Å². The molecule has 3 heterocycles. The Morgan fingerprint density at radius 3 is 2.65 bits per heavy atom. The zero-order valence-electron chi connectivity index (χ0n) is 17.8. The van der Waals surface area contributed by atoms with Gasteiger partial charge in [0, 0.05) is 36.4 Å². The summed E-state index contributed by atoms with van der Waals surface area (Å²) < 4.78 is 39.4. The molecule has 2 aromatic rings. The molecule has 10 heteroatoms. The van der Waals surface area contributed by atoms with Crippen LogP contribution in [0.25, 0.3) is 0 Å². The van der Waals surface area contributed by atoms with Gasteiger partial charge in [0.05, 0.1) is 17.2 Å². The van der Waals surface area contributed by atoms with Gasteiger partial charge in [0.15, 0.2) is 6.29 Å². The van der Waals surface area contributed by atoms with Gasteiger partial charge in [-0.2, -0.15) is 13.2 Å². The molecular formula is C21H25F3N4O2S. The van der Waals surface area contributed by atoms with Crippen LogP contribution in [0.1, 0.15) is 30.5 Å². The van der Waals surface area contributed by atoms with E-state index in [4.69, 9.17) is 0 Å². The average molecular weight is 455 g/mol. The second-order valence-electron chi connectivity index (χ2n) is 8.44. The second-order valence-corrected chi connectivity index (χ2v) is 9.33. The molecule has 168 valence electrons. The van der Waals surface area contributed by atoms with E-state index in [1.807, 2.05) is 43.8 Å². The fraction of sp³-hybridized carbons (Fsp3) is 0.476. The van der Waals surface area contributed by atoms with Crippen molar-refractivity contribution < 1.29 is 22.8 Å². The predicted molar refractivity (Wildman–Crippen MR) is 113 cm³/mol. The Kier molecular flexibility index (Phi) is 6.54. The monoisotopic (exact) mass is 454 g/mol. The lowest BCUT2D eigenvalue weighted by molar-refractivity contribution is -0.137. The van der Waals surface area contributed by atoms with Gasteiger partial charge in [-0.25, -0.2) is 0 Å². The van der Waals surface area contributed by atoms with Gasteiger partial charge < -0.3 is 9.80 Å². The number of halogens is 3. The number of Topliss-reactive ketones (excluding diaryl/α,β-unsaturated/α-hetero) is 1. The molecule has 0 amide bonds. The molecule has 0 bridgehead atoms. The predicted octanol–water partition coefficient (Wildman–Crippen LogP) is 3.42. The lowest BCUT2D eigenvalue weighted by atomic mass is 9.90. The van der Waals surface area contributed by atoms with Crippen molar-refractivity contribution in [3.63, 3.8) is 0 Å². The van der Waals surface area contributed by atoms with Crippen molar-refractivity contribution in [1.29, 1.82) is 0 Å². The number of hydrogen-bond acceptors (Lipinski definition) is 7. The summed E-state index contributed by atoms with van der Waals surface area (Å²) >= 11 is 0.920. The van der Waals surface area contributed by atoms with E-state index in [0.29, 0.717) is 18.1 Å². The summed E-state index contributed by atoms with van der Waals surface area (Å²) in [6.07, 6.45) is -0.728. The molecule has 1 unspecified atom stereocenters. The number of aldehydes is 1. The topological polar surface area (TPSA) is 56.8 Å². The van der Waals surface area contributed by atoms with Gasteiger partial charge >= 0.3 is 6.18 Å². The molecular weight excluding hydrogens is 429 g/mol. The van der Waals surface area contributed by atoms with Crippen LogP contribution in [0.4, 0.5) is 18.2 Å². The molecule has 1 fully saturated rings. The molecule has 3 rings (SSSR count). The summed E-state index contributed by atoms with van der Waals surface area (Å²) in [4.78, 5) is 33.8. The zero-order valence-corrected chi connectivity index (χ0v) is 18.6. The van der Waals surface area contributed by atoms with Crippen LogP contribution in [-0.4, -0.2) is 59.2 Å². The fourth-order valence-electron chi connectivity index (χ4n) is 3.94. The maximum Gasteiger partial charge on any atom is 0.417 e. The van der Waals surface area contributed by atoms with Crippen LogP contribution < -0.4 is 4.90 Å². The summed E-state index contributed by atoms with van der Waals surface area (Å²) in [7, 11) is 3.90. The molecule has 1 saturated heterocycles. The Bertz CT molecular complexity index is 958. The highest BCUT2D eigenvalue weighted by atomic mass is 32.1. The van der Waals surface area contributed by atoms with Gasteiger partial charge in [0.2, 0.25) is 5.78 Å². The Morgan fingerprint density at radius 2 is 2.06 bits per heavy atom. The summed E-state index contributed by atoms with van der Waals surface area (Å²) in [5.74, 6) is -0.655. The summed E-state index contributed by atoms with van der Waals surface area (Å²) in [6, 6.07) is 2.06. The first-order chi connectivity index (χ1) is 14.4. The lowest BCUT2D eigenvalue weighted by Gasteiger charge is -2.34. The van der Waals surface area contributed by atoms with Gasteiger partial charge in [0.1, 0.15) is 6.04 Å². The minimum atomic E-state index is -4.47. The smallest absolute Gasteiger partial charge is 0.338 e. The van der Waals surface area contributed by atoms with Crippen molar-refractivity contribution in [3.05, 3.63) is 46.6 Å². The first-order valence-electron chi connectivity index (χ1n) is 9.68. The van der Waals surface area contributed by atoms with Gasteiger partial charge in [-0.05, 0) is 51.2 Å². The quantitative estimate of drug-likeness (QED) is 0.472. The average Bonchev–Trinajstić information content (AvgIpc) is 3.26. The Balaban J connectivity index is 1.96. The third-order valence-corrected chi connectivity index (χ3v) is 6.52. The molecule has 31 heavy (non-hydrogen) atoms. The van der Waals surface area contributed by atoms with E-state index >= 15 is 0 Å². The lowest BCUT2D eigenvalue weighted by Crippen LogP contribution is -2.51. The second kappa shape index (κ2) is 8.68. The minimum Gasteiger partial charge on any atom is -0.338 e. The molecule has 0 aromatic carbocycles. The number of alkyl halides is 3. The Morgan fingerprint density at radius 1 is 1.35 bits per heavy atom. The minimum absolute atomic E-state index is 0.221. The van der Waals surface area contributed by atoms with E-state index in [-0.39, 0.29) is 13.0 Å². The van der Waals surface area contributed by atoms with Crippen LogP contribution >= 0.6 is 11.3 Å². The molecule has 0 aliphatic carbocycles. The normalized spacial score (nSPS) is 19.2. The third-order valence-electron chi connectivity index (χ3n) is 5.55. The van der Waals surface area contributed by atoms with Crippen molar-refractivity contribution in [1.82, 2.24) is 14.8 Å². The first kappa shape index (κ1) is 23.4. The maximum absolute atomic E-state index is 13.1. The van der Waals surface area contributed by atoms with Crippen molar-refractivity contribution in [2.75, 3.05) is 25.7 Å². The van der Waals surface area contributed by atoms with Crippen LogP contribution in [0.15, 0.2) is 29.9 Å². The van der Waals surface area contributed by atoms with Crippen LogP contribution in [0, 0.1) is 0 Å². The van der Waals surface area contributed by atoms with E-state index in [0.717, 1.165) is 33.9 Å². The number of carbonyl (C=O) groups is 2. The maximum atomic E-state index is 13.1. The molecule has 1 aliphatic heterocycles. The van der Waals surface area contributed by atoms with Crippen LogP contribution in [0.2, 0.25) is 0 Å². The number of anilines is 1. The molecule has 1 aliphatic rings. The SMILES string of the molecule is CN(C)Cc1cnccc1CN1CN(c2cc(C(F)(F)F)cs2)C(C(=O)C=O)C1(C)C. The largest absolute Gasteiger partial charge is 0.417 e. The van der Waals surface area contributed by atoms with E-state index in [2.05, 4.69) is 4.98 Å². The van der Waals surface area contributed by atoms with Gasteiger partial charge in [-0.3, -0.25) is 19.5 Å². The number of aromatic nitrogens is 1. The number of rotatable bonds is 7. The highest BCUT2D eigenvalue weighted by molar-refractivity contribution is 7.14. The van der Waals surface area contributed by atoms with E-state index < -0.39 is 29.1 Å². The van der Waals surface area contributed by atoms with E-state index in [1.54, 1.807) is 17.3 Å². The van der Waals surface area contributed by atoms with Crippen LogP contribution in [-0.2, 0) is 28.9 Å². The number of hydrogen-bond donors (Lipinski definition) is 0. The Hall–Kier alpha value is -2.30.